The third-order valence-corrected chi connectivity index (χ3v) is 3.78. The number of methoxy groups -OCH3 is 1. The zero-order chi connectivity index (χ0) is 16.7. The minimum atomic E-state index is -0.352. The van der Waals surface area contributed by atoms with Gasteiger partial charge in [0.25, 0.3) is 0 Å². The number of carbonyl (C=O) groups excluding carboxylic acids is 1. The van der Waals surface area contributed by atoms with E-state index in [1.807, 2.05) is 43.3 Å². The molecule has 0 radical (unpaired) electrons. The quantitative estimate of drug-likeness (QED) is 0.815. The van der Waals surface area contributed by atoms with E-state index < -0.39 is 0 Å². The van der Waals surface area contributed by atoms with Crippen LogP contribution in [0.3, 0.4) is 0 Å². The van der Waals surface area contributed by atoms with Gasteiger partial charge in [-0.15, -0.1) is 0 Å². The Hall–Kier alpha value is -2.20. The fourth-order valence-electron chi connectivity index (χ4n) is 2.20. The van der Waals surface area contributed by atoms with Crippen LogP contribution in [0, 0.1) is 0 Å². The monoisotopic (exact) mass is 332 g/mol. The van der Waals surface area contributed by atoms with Gasteiger partial charge in [-0.3, -0.25) is 4.79 Å². The highest BCUT2D eigenvalue weighted by atomic mass is 35.5. The summed E-state index contributed by atoms with van der Waals surface area (Å²) in [7, 11) is 1.57. The van der Waals surface area contributed by atoms with Crippen molar-refractivity contribution in [2.24, 2.45) is 0 Å². The fourth-order valence-corrected chi connectivity index (χ4v) is 2.46. The normalized spacial score (nSPS) is 11.6. The minimum absolute atomic E-state index is 0.0483. The lowest BCUT2D eigenvalue weighted by Gasteiger charge is -2.16. The molecule has 0 heterocycles. The number of nitrogens with one attached hydrogen (secondary N) is 2. The summed E-state index contributed by atoms with van der Waals surface area (Å²) >= 11 is 6.08. The Morgan fingerprint density at radius 3 is 2.61 bits per heavy atom. The molecule has 0 aliphatic heterocycles. The molecule has 1 amide bonds. The summed E-state index contributed by atoms with van der Waals surface area (Å²) in [5.74, 6) is 0.560. The number of ether oxygens (including phenoxy) is 1. The summed E-state index contributed by atoms with van der Waals surface area (Å²) in [4.78, 5) is 12.1. The smallest absolute Gasteiger partial charge is 0.242 e. The molecule has 0 saturated carbocycles. The van der Waals surface area contributed by atoms with Crippen molar-refractivity contribution in [3.63, 3.8) is 0 Å². The summed E-state index contributed by atoms with van der Waals surface area (Å²) in [5, 5.41) is 6.57. The molecule has 1 atom stereocenters. The van der Waals surface area contributed by atoms with E-state index in [1.165, 1.54) is 5.56 Å². The molecule has 0 aliphatic rings. The van der Waals surface area contributed by atoms with E-state index in [0.717, 1.165) is 12.1 Å². The van der Waals surface area contributed by atoms with Crippen LogP contribution in [-0.2, 0) is 11.2 Å². The molecule has 2 aromatic rings. The Morgan fingerprint density at radius 1 is 1.22 bits per heavy atom. The topological polar surface area (TPSA) is 50.4 Å². The van der Waals surface area contributed by atoms with Crippen molar-refractivity contribution in [1.29, 1.82) is 0 Å². The lowest BCUT2D eigenvalue weighted by molar-refractivity contribution is -0.121. The fraction of sp³-hybridized carbons (Fsp3) is 0.278. The van der Waals surface area contributed by atoms with Crippen LogP contribution in [0.2, 0.25) is 5.02 Å². The summed E-state index contributed by atoms with van der Waals surface area (Å²) in [5.41, 5.74) is 1.98. The van der Waals surface area contributed by atoms with Gasteiger partial charge in [0.2, 0.25) is 5.91 Å². The molecular formula is C18H21ClN2O2. The second kappa shape index (κ2) is 8.44. The maximum atomic E-state index is 12.1. The lowest BCUT2D eigenvalue weighted by atomic mass is 10.1. The van der Waals surface area contributed by atoms with Gasteiger partial charge in [-0.1, -0.05) is 41.9 Å². The van der Waals surface area contributed by atoms with E-state index in [0.29, 0.717) is 17.3 Å². The third-order valence-electron chi connectivity index (χ3n) is 3.48. The van der Waals surface area contributed by atoms with Gasteiger partial charge in [-0.2, -0.15) is 0 Å². The van der Waals surface area contributed by atoms with Crippen molar-refractivity contribution in [3.8, 4) is 5.75 Å². The molecule has 0 aliphatic carbocycles. The van der Waals surface area contributed by atoms with E-state index in [-0.39, 0.29) is 11.9 Å². The molecule has 0 unspecified atom stereocenters. The second-order valence-corrected chi connectivity index (χ2v) is 5.65. The average Bonchev–Trinajstić information content (AvgIpc) is 2.56. The van der Waals surface area contributed by atoms with Crippen LogP contribution in [0.5, 0.6) is 5.75 Å². The zero-order valence-corrected chi connectivity index (χ0v) is 14.1. The molecule has 0 bridgehead atoms. The second-order valence-electron chi connectivity index (χ2n) is 5.24. The largest absolute Gasteiger partial charge is 0.495 e. The Balaban J connectivity index is 1.81. The first-order valence-corrected chi connectivity index (χ1v) is 7.89. The Morgan fingerprint density at radius 2 is 1.96 bits per heavy atom. The van der Waals surface area contributed by atoms with Gasteiger partial charge < -0.3 is 15.4 Å². The van der Waals surface area contributed by atoms with E-state index in [9.17, 15) is 4.79 Å². The van der Waals surface area contributed by atoms with Crippen molar-refractivity contribution in [1.82, 2.24) is 5.32 Å². The van der Waals surface area contributed by atoms with Gasteiger partial charge in [0.1, 0.15) is 11.8 Å². The Kier molecular flexibility index (Phi) is 6.29. The molecule has 0 spiro atoms. The first-order valence-electron chi connectivity index (χ1n) is 7.52. The molecule has 0 fully saturated rings. The summed E-state index contributed by atoms with van der Waals surface area (Å²) in [6.07, 6.45) is 0.813. The van der Waals surface area contributed by atoms with Crippen LogP contribution in [0.4, 0.5) is 5.69 Å². The van der Waals surface area contributed by atoms with Crippen LogP contribution in [0.25, 0.3) is 0 Å². The van der Waals surface area contributed by atoms with Crippen molar-refractivity contribution in [2.45, 2.75) is 19.4 Å². The predicted molar refractivity (Wildman–Crippen MR) is 94.2 cm³/mol. The first kappa shape index (κ1) is 17.2. The van der Waals surface area contributed by atoms with Crippen LogP contribution < -0.4 is 15.4 Å². The molecule has 0 aromatic heterocycles. The maximum absolute atomic E-state index is 12.1. The van der Waals surface area contributed by atoms with E-state index in [1.54, 1.807) is 19.2 Å². The number of carbonyl (C=O) groups is 1. The van der Waals surface area contributed by atoms with Crippen LogP contribution in [0.1, 0.15) is 12.5 Å². The van der Waals surface area contributed by atoms with Gasteiger partial charge >= 0.3 is 0 Å². The van der Waals surface area contributed by atoms with Gasteiger partial charge in [-0.25, -0.2) is 0 Å². The number of amides is 1. The molecule has 122 valence electrons. The molecule has 0 saturated heterocycles. The Labute approximate surface area is 141 Å². The molecule has 5 heteroatoms. The van der Waals surface area contributed by atoms with Crippen molar-refractivity contribution < 1.29 is 9.53 Å². The summed E-state index contributed by atoms with van der Waals surface area (Å²) < 4.78 is 5.11. The summed E-state index contributed by atoms with van der Waals surface area (Å²) in [6, 6.07) is 15.1. The van der Waals surface area contributed by atoms with Crippen molar-refractivity contribution >= 4 is 23.2 Å². The molecule has 23 heavy (non-hydrogen) atoms. The standard InChI is InChI=1S/C18H21ClN2O2/c1-13(21-15-8-9-17(23-2)16(19)12-15)18(22)20-11-10-14-6-4-3-5-7-14/h3-9,12-13,21H,10-11H2,1-2H3,(H,20,22)/t13-/m1/s1. The summed E-state index contributed by atoms with van der Waals surface area (Å²) in [6.45, 7) is 2.42. The van der Waals surface area contributed by atoms with E-state index in [2.05, 4.69) is 10.6 Å². The molecule has 4 nitrogen and oxygen atoms in total. The number of anilines is 1. The zero-order valence-electron chi connectivity index (χ0n) is 13.3. The molecule has 2 rings (SSSR count). The first-order chi connectivity index (χ1) is 11.1. The van der Waals surface area contributed by atoms with Gasteiger partial charge in [0.15, 0.2) is 0 Å². The molecule has 2 N–H and O–H groups in total. The maximum Gasteiger partial charge on any atom is 0.242 e. The van der Waals surface area contributed by atoms with Gasteiger partial charge in [-0.05, 0) is 37.1 Å². The lowest BCUT2D eigenvalue weighted by Crippen LogP contribution is -2.38. The highest BCUT2D eigenvalue weighted by Gasteiger charge is 2.12. The highest BCUT2D eigenvalue weighted by molar-refractivity contribution is 6.32. The molecule has 2 aromatic carbocycles. The number of hydrogen-bond acceptors (Lipinski definition) is 3. The SMILES string of the molecule is COc1ccc(N[C@H](C)C(=O)NCCc2ccccc2)cc1Cl. The van der Waals surface area contributed by atoms with Gasteiger partial charge in [0.05, 0.1) is 12.1 Å². The molecular weight excluding hydrogens is 312 g/mol. The Bertz CT molecular complexity index is 647. The van der Waals surface area contributed by atoms with E-state index in [4.69, 9.17) is 16.3 Å². The average molecular weight is 333 g/mol. The number of benzene rings is 2. The van der Waals surface area contributed by atoms with Crippen molar-refractivity contribution in [3.05, 3.63) is 59.1 Å². The number of hydrogen-bond donors (Lipinski definition) is 2. The highest BCUT2D eigenvalue weighted by Crippen LogP contribution is 2.27. The number of halogens is 1. The minimum Gasteiger partial charge on any atom is -0.495 e. The predicted octanol–water partition coefficient (Wildman–Crippen LogP) is 3.51. The van der Waals surface area contributed by atoms with Crippen molar-refractivity contribution in [2.75, 3.05) is 19.0 Å². The van der Waals surface area contributed by atoms with E-state index >= 15 is 0 Å². The van der Waals surface area contributed by atoms with Gasteiger partial charge in [0, 0.05) is 12.2 Å². The number of rotatable bonds is 7. The third kappa shape index (κ3) is 5.18. The van der Waals surface area contributed by atoms with Crippen LogP contribution in [0.15, 0.2) is 48.5 Å². The van der Waals surface area contributed by atoms with Crippen LogP contribution >= 0.6 is 11.6 Å². The van der Waals surface area contributed by atoms with Crippen LogP contribution in [-0.4, -0.2) is 25.6 Å².